The molecule has 1 atom stereocenters. The Hall–Kier alpha value is -0.0800. The quantitative estimate of drug-likeness (QED) is 0.676. The molecule has 2 fully saturated rings. The molecule has 0 amide bonds. The van der Waals surface area contributed by atoms with E-state index in [-0.39, 0.29) is 5.54 Å². The van der Waals surface area contributed by atoms with Crippen molar-refractivity contribution in [2.75, 3.05) is 13.1 Å². The van der Waals surface area contributed by atoms with Crippen LogP contribution < -0.4 is 11.1 Å². The van der Waals surface area contributed by atoms with Gasteiger partial charge in [0.15, 0.2) is 0 Å². The average Bonchev–Trinajstić information content (AvgIpc) is 2.83. The van der Waals surface area contributed by atoms with Crippen LogP contribution >= 0.6 is 0 Å². The Morgan fingerprint density at radius 1 is 1.46 bits per heavy atom. The van der Waals surface area contributed by atoms with Crippen molar-refractivity contribution in [1.29, 1.82) is 0 Å². The molecule has 0 heterocycles. The van der Waals surface area contributed by atoms with Crippen molar-refractivity contribution in [3.8, 4) is 0 Å². The molecular weight excluding hydrogens is 160 g/mol. The molecule has 0 spiro atoms. The minimum absolute atomic E-state index is 0.156. The molecule has 2 nitrogen and oxygen atoms in total. The summed E-state index contributed by atoms with van der Waals surface area (Å²) < 4.78 is 0. The summed E-state index contributed by atoms with van der Waals surface area (Å²) in [6, 6.07) is 0. The second-order valence-corrected chi connectivity index (χ2v) is 5.16. The van der Waals surface area contributed by atoms with Gasteiger partial charge in [0.1, 0.15) is 0 Å². The largest absolute Gasteiger partial charge is 0.324 e. The number of nitrogens with two attached hydrogens (primary N) is 1. The van der Waals surface area contributed by atoms with Gasteiger partial charge in [0.25, 0.3) is 0 Å². The Balaban J connectivity index is 1.57. The molecule has 0 bridgehead atoms. The standard InChI is InChI=1S/C11H22N2/c1-9(10-3-4-10)7-13-8-11(12)5-2-6-11/h9-10,13H,2-8,12H2,1H3. The second kappa shape index (κ2) is 3.58. The van der Waals surface area contributed by atoms with Crippen LogP contribution in [0.2, 0.25) is 0 Å². The Kier molecular flexibility index (Phi) is 2.61. The zero-order valence-corrected chi connectivity index (χ0v) is 8.68. The van der Waals surface area contributed by atoms with Crippen molar-refractivity contribution < 1.29 is 0 Å². The summed E-state index contributed by atoms with van der Waals surface area (Å²) in [6.45, 7) is 4.56. The van der Waals surface area contributed by atoms with Gasteiger partial charge in [-0.3, -0.25) is 0 Å². The van der Waals surface area contributed by atoms with Crippen LogP contribution in [0.3, 0.4) is 0 Å². The summed E-state index contributed by atoms with van der Waals surface area (Å²) >= 11 is 0. The van der Waals surface area contributed by atoms with Gasteiger partial charge in [-0.2, -0.15) is 0 Å². The molecule has 0 saturated heterocycles. The van der Waals surface area contributed by atoms with Crippen molar-refractivity contribution in [2.24, 2.45) is 17.6 Å². The van der Waals surface area contributed by atoms with Crippen LogP contribution in [0.4, 0.5) is 0 Å². The van der Waals surface area contributed by atoms with Crippen molar-refractivity contribution in [2.45, 2.75) is 44.6 Å². The molecular formula is C11H22N2. The monoisotopic (exact) mass is 182 g/mol. The first-order valence-electron chi connectivity index (χ1n) is 5.69. The van der Waals surface area contributed by atoms with E-state index >= 15 is 0 Å². The van der Waals surface area contributed by atoms with Crippen LogP contribution in [0.25, 0.3) is 0 Å². The fourth-order valence-corrected chi connectivity index (χ4v) is 2.19. The van der Waals surface area contributed by atoms with E-state index in [9.17, 15) is 0 Å². The maximum Gasteiger partial charge on any atom is 0.0280 e. The first-order valence-corrected chi connectivity index (χ1v) is 5.69. The summed E-state index contributed by atoms with van der Waals surface area (Å²) in [5.41, 5.74) is 6.27. The zero-order valence-electron chi connectivity index (χ0n) is 8.68. The Labute approximate surface area is 81.3 Å². The summed E-state index contributed by atoms with van der Waals surface area (Å²) in [5, 5.41) is 3.52. The van der Waals surface area contributed by atoms with Crippen LogP contribution in [-0.4, -0.2) is 18.6 Å². The highest BCUT2D eigenvalue weighted by Crippen LogP contribution is 2.36. The lowest BCUT2D eigenvalue weighted by molar-refractivity contribution is 0.234. The molecule has 0 aromatic carbocycles. The van der Waals surface area contributed by atoms with Crippen molar-refractivity contribution in [1.82, 2.24) is 5.32 Å². The van der Waals surface area contributed by atoms with E-state index in [0.717, 1.165) is 18.4 Å². The maximum absolute atomic E-state index is 6.12. The third-order valence-corrected chi connectivity index (χ3v) is 3.72. The van der Waals surface area contributed by atoms with Gasteiger partial charge in [-0.25, -0.2) is 0 Å². The molecule has 2 aliphatic carbocycles. The van der Waals surface area contributed by atoms with Crippen LogP contribution in [0.1, 0.15) is 39.0 Å². The summed E-state index contributed by atoms with van der Waals surface area (Å²) in [7, 11) is 0. The van der Waals surface area contributed by atoms with E-state index < -0.39 is 0 Å². The number of rotatable bonds is 5. The molecule has 13 heavy (non-hydrogen) atoms. The highest BCUT2D eigenvalue weighted by Gasteiger charge is 2.32. The Bertz CT molecular complexity index is 171. The molecule has 2 saturated carbocycles. The third kappa shape index (κ3) is 2.44. The minimum Gasteiger partial charge on any atom is -0.324 e. The van der Waals surface area contributed by atoms with Crippen LogP contribution in [0.5, 0.6) is 0 Å². The molecule has 3 N–H and O–H groups in total. The van der Waals surface area contributed by atoms with Gasteiger partial charge in [0.2, 0.25) is 0 Å². The van der Waals surface area contributed by atoms with Gasteiger partial charge >= 0.3 is 0 Å². The van der Waals surface area contributed by atoms with Crippen LogP contribution in [0, 0.1) is 11.8 Å². The van der Waals surface area contributed by atoms with E-state index in [1.54, 1.807) is 0 Å². The van der Waals surface area contributed by atoms with Crippen LogP contribution in [0.15, 0.2) is 0 Å². The summed E-state index contributed by atoms with van der Waals surface area (Å²) in [4.78, 5) is 0. The molecule has 0 aromatic heterocycles. The molecule has 0 aliphatic heterocycles. The molecule has 0 radical (unpaired) electrons. The number of hydrogen-bond acceptors (Lipinski definition) is 2. The van der Waals surface area contributed by atoms with E-state index in [0.29, 0.717) is 0 Å². The van der Waals surface area contributed by atoms with E-state index in [4.69, 9.17) is 5.73 Å². The number of hydrogen-bond donors (Lipinski definition) is 2. The van der Waals surface area contributed by atoms with Gasteiger partial charge in [-0.1, -0.05) is 6.92 Å². The SMILES string of the molecule is CC(CNCC1(N)CCC1)C1CC1. The molecule has 2 rings (SSSR count). The lowest BCUT2D eigenvalue weighted by Crippen LogP contribution is -2.54. The average molecular weight is 182 g/mol. The molecule has 2 aliphatic rings. The molecule has 1 unspecified atom stereocenters. The molecule has 2 heteroatoms. The van der Waals surface area contributed by atoms with Gasteiger partial charge in [0.05, 0.1) is 0 Å². The van der Waals surface area contributed by atoms with E-state index in [1.165, 1.54) is 38.6 Å². The van der Waals surface area contributed by atoms with Gasteiger partial charge in [-0.15, -0.1) is 0 Å². The lowest BCUT2D eigenvalue weighted by Gasteiger charge is -2.38. The topological polar surface area (TPSA) is 38.0 Å². The van der Waals surface area contributed by atoms with Gasteiger partial charge in [-0.05, 0) is 50.5 Å². The number of nitrogens with one attached hydrogen (secondary N) is 1. The normalized spacial score (nSPS) is 28.2. The van der Waals surface area contributed by atoms with E-state index in [2.05, 4.69) is 12.2 Å². The Morgan fingerprint density at radius 2 is 2.15 bits per heavy atom. The first-order chi connectivity index (χ1) is 6.20. The smallest absolute Gasteiger partial charge is 0.0280 e. The first kappa shape index (κ1) is 9.47. The lowest BCUT2D eigenvalue weighted by atomic mass is 9.78. The van der Waals surface area contributed by atoms with Gasteiger partial charge in [0, 0.05) is 12.1 Å². The second-order valence-electron chi connectivity index (χ2n) is 5.16. The van der Waals surface area contributed by atoms with Crippen molar-refractivity contribution in [3.63, 3.8) is 0 Å². The fourth-order valence-electron chi connectivity index (χ4n) is 2.19. The molecule has 0 aromatic rings. The van der Waals surface area contributed by atoms with Crippen molar-refractivity contribution >= 4 is 0 Å². The maximum atomic E-state index is 6.12. The highest BCUT2D eigenvalue weighted by atomic mass is 14.9. The predicted octanol–water partition coefficient (Wildman–Crippen LogP) is 1.50. The highest BCUT2D eigenvalue weighted by molar-refractivity contribution is 4.94. The predicted molar refractivity (Wildman–Crippen MR) is 55.5 cm³/mol. The van der Waals surface area contributed by atoms with Crippen molar-refractivity contribution in [3.05, 3.63) is 0 Å². The van der Waals surface area contributed by atoms with E-state index in [1.807, 2.05) is 0 Å². The minimum atomic E-state index is 0.156. The summed E-state index contributed by atoms with van der Waals surface area (Å²) in [6.07, 6.45) is 6.68. The van der Waals surface area contributed by atoms with Gasteiger partial charge < -0.3 is 11.1 Å². The third-order valence-electron chi connectivity index (χ3n) is 3.72. The van der Waals surface area contributed by atoms with Crippen LogP contribution in [-0.2, 0) is 0 Å². The zero-order chi connectivity index (χ0) is 9.31. The summed E-state index contributed by atoms with van der Waals surface area (Å²) in [5.74, 6) is 1.88. The fraction of sp³-hybridized carbons (Fsp3) is 1.00. The molecule has 76 valence electrons. The Morgan fingerprint density at radius 3 is 2.62 bits per heavy atom.